The van der Waals surface area contributed by atoms with Crippen LogP contribution in [0.4, 0.5) is 4.39 Å². The summed E-state index contributed by atoms with van der Waals surface area (Å²) in [6, 6.07) is 14.3. The quantitative estimate of drug-likeness (QED) is 0.879. The summed E-state index contributed by atoms with van der Waals surface area (Å²) in [6.07, 6.45) is 0.593. The van der Waals surface area contributed by atoms with Gasteiger partial charge in [0.2, 0.25) is 0 Å². The van der Waals surface area contributed by atoms with E-state index in [1.54, 1.807) is 6.07 Å². The number of aliphatic hydroxyl groups is 1. The third kappa shape index (κ3) is 2.89. The lowest BCUT2D eigenvalue weighted by Crippen LogP contribution is -2.41. The van der Waals surface area contributed by atoms with Crippen LogP contribution < -0.4 is 5.73 Å². The molecule has 0 amide bonds. The number of benzene rings is 2. The third-order valence-corrected chi connectivity index (χ3v) is 3.92. The smallest absolute Gasteiger partial charge is 0.123 e. The van der Waals surface area contributed by atoms with Crippen LogP contribution in [0, 0.1) is 12.7 Å². The van der Waals surface area contributed by atoms with E-state index in [9.17, 15) is 9.50 Å². The molecule has 0 spiro atoms. The Morgan fingerprint density at radius 2 is 1.90 bits per heavy atom. The summed E-state index contributed by atoms with van der Waals surface area (Å²) >= 11 is 0. The number of hydrogen-bond donors (Lipinski definition) is 2. The Kier molecular flexibility index (Phi) is 4.53. The standard InChI is InChI=1S/C17H20FNO/c1-13-5-2-3-6-14(13)10-17(11-19,12-20)15-7-4-8-16(18)9-15/h2-9,20H,10-12,19H2,1H3. The maximum Gasteiger partial charge on any atom is 0.123 e. The molecular weight excluding hydrogens is 253 g/mol. The zero-order valence-corrected chi connectivity index (χ0v) is 11.6. The lowest BCUT2D eigenvalue weighted by Gasteiger charge is -2.32. The van der Waals surface area contributed by atoms with Crippen LogP contribution in [0.2, 0.25) is 0 Å². The molecule has 2 aromatic carbocycles. The maximum atomic E-state index is 13.5. The van der Waals surface area contributed by atoms with Gasteiger partial charge in [-0.2, -0.15) is 0 Å². The van der Waals surface area contributed by atoms with Gasteiger partial charge in [-0.3, -0.25) is 0 Å². The molecule has 3 N–H and O–H groups in total. The highest BCUT2D eigenvalue weighted by Gasteiger charge is 2.31. The molecule has 1 atom stereocenters. The summed E-state index contributed by atoms with van der Waals surface area (Å²) in [5.41, 5.74) is 8.28. The van der Waals surface area contributed by atoms with Gasteiger partial charge in [0, 0.05) is 12.0 Å². The Balaban J connectivity index is 2.42. The van der Waals surface area contributed by atoms with Gasteiger partial charge in [-0.05, 0) is 42.2 Å². The zero-order chi connectivity index (χ0) is 14.6. The Bertz CT molecular complexity index is 579. The Morgan fingerprint density at radius 1 is 1.15 bits per heavy atom. The summed E-state index contributed by atoms with van der Waals surface area (Å²) in [5.74, 6) is -0.307. The van der Waals surface area contributed by atoms with Crippen LogP contribution in [0.5, 0.6) is 0 Å². The largest absolute Gasteiger partial charge is 0.395 e. The molecular formula is C17H20FNO. The molecule has 1 unspecified atom stereocenters. The van der Waals surface area contributed by atoms with Crippen molar-refractivity contribution in [1.29, 1.82) is 0 Å². The first-order valence-electron chi connectivity index (χ1n) is 6.73. The number of rotatable bonds is 5. The van der Waals surface area contributed by atoms with Crippen LogP contribution in [-0.2, 0) is 11.8 Å². The molecule has 0 bridgehead atoms. The highest BCUT2D eigenvalue weighted by Crippen LogP contribution is 2.29. The van der Waals surface area contributed by atoms with Crippen LogP contribution >= 0.6 is 0 Å². The molecule has 2 aromatic rings. The predicted octanol–water partition coefficient (Wildman–Crippen LogP) is 2.57. The van der Waals surface area contributed by atoms with Crippen LogP contribution in [0.3, 0.4) is 0 Å². The van der Waals surface area contributed by atoms with Gasteiger partial charge in [-0.15, -0.1) is 0 Å². The van der Waals surface area contributed by atoms with E-state index >= 15 is 0 Å². The number of hydrogen-bond acceptors (Lipinski definition) is 2. The van der Waals surface area contributed by atoms with Crippen molar-refractivity contribution in [1.82, 2.24) is 0 Å². The SMILES string of the molecule is Cc1ccccc1CC(CN)(CO)c1cccc(F)c1. The van der Waals surface area contributed by atoms with Gasteiger partial charge in [-0.1, -0.05) is 36.4 Å². The first-order valence-corrected chi connectivity index (χ1v) is 6.73. The van der Waals surface area contributed by atoms with Gasteiger partial charge >= 0.3 is 0 Å². The van der Waals surface area contributed by atoms with E-state index in [0.717, 1.165) is 16.7 Å². The fraction of sp³-hybridized carbons (Fsp3) is 0.294. The van der Waals surface area contributed by atoms with Crippen molar-refractivity contribution >= 4 is 0 Å². The summed E-state index contributed by atoms with van der Waals surface area (Å²) in [5, 5.41) is 9.87. The molecule has 0 fully saturated rings. The lowest BCUT2D eigenvalue weighted by molar-refractivity contribution is 0.195. The van der Waals surface area contributed by atoms with Crippen molar-refractivity contribution in [2.75, 3.05) is 13.2 Å². The Hall–Kier alpha value is -1.71. The summed E-state index contributed by atoms with van der Waals surface area (Å²) in [4.78, 5) is 0. The number of aryl methyl sites for hydroxylation is 1. The first-order chi connectivity index (χ1) is 9.61. The summed E-state index contributed by atoms with van der Waals surface area (Å²) in [7, 11) is 0. The highest BCUT2D eigenvalue weighted by molar-refractivity contribution is 5.34. The van der Waals surface area contributed by atoms with Crippen LogP contribution in [0.25, 0.3) is 0 Å². The van der Waals surface area contributed by atoms with Crippen LogP contribution in [-0.4, -0.2) is 18.3 Å². The van der Waals surface area contributed by atoms with Gasteiger partial charge in [0.1, 0.15) is 5.82 Å². The molecule has 106 valence electrons. The molecule has 0 radical (unpaired) electrons. The average Bonchev–Trinajstić information content (AvgIpc) is 2.47. The highest BCUT2D eigenvalue weighted by atomic mass is 19.1. The van der Waals surface area contributed by atoms with E-state index in [1.165, 1.54) is 12.1 Å². The predicted molar refractivity (Wildman–Crippen MR) is 79.1 cm³/mol. The number of aliphatic hydroxyl groups excluding tert-OH is 1. The minimum absolute atomic E-state index is 0.110. The fourth-order valence-corrected chi connectivity index (χ4v) is 2.50. The second kappa shape index (κ2) is 6.16. The van der Waals surface area contributed by atoms with E-state index in [1.807, 2.05) is 37.3 Å². The molecule has 3 heteroatoms. The maximum absolute atomic E-state index is 13.5. The van der Waals surface area contributed by atoms with Gasteiger partial charge < -0.3 is 10.8 Å². The molecule has 0 aliphatic carbocycles. The molecule has 2 nitrogen and oxygen atoms in total. The third-order valence-electron chi connectivity index (χ3n) is 3.92. The topological polar surface area (TPSA) is 46.2 Å². The minimum Gasteiger partial charge on any atom is -0.395 e. The monoisotopic (exact) mass is 273 g/mol. The van der Waals surface area contributed by atoms with Gasteiger partial charge in [0.05, 0.1) is 6.61 Å². The van der Waals surface area contributed by atoms with E-state index in [4.69, 9.17) is 5.73 Å². The summed E-state index contributed by atoms with van der Waals surface area (Å²) < 4.78 is 13.5. The molecule has 0 heterocycles. The number of nitrogens with two attached hydrogens (primary N) is 1. The van der Waals surface area contributed by atoms with Crippen LogP contribution in [0.15, 0.2) is 48.5 Å². The van der Waals surface area contributed by atoms with Crippen molar-refractivity contribution in [3.63, 3.8) is 0 Å². The second-order valence-electron chi connectivity index (χ2n) is 5.26. The van der Waals surface area contributed by atoms with Gasteiger partial charge in [-0.25, -0.2) is 4.39 Å². The zero-order valence-electron chi connectivity index (χ0n) is 11.6. The first kappa shape index (κ1) is 14.7. The van der Waals surface area contributed by atoms with Crippen molar-refractivity contribution < 1.29 is 9.50 Å². The molecule has 20 heavy (non-hydrogen) atoms. The minimum atomic E-state index is -0.645. The molecule has 0 saturated heterocycles. The Labute approximate surface area is 119 Å². The van der Waals surface area contributed by atoms with Gasteiger partial charge in [0.25, 0.3) is 0 Å². The average molecular weight is 273 g/mol. The van der Waals surface area contributed by atoms with E-state index in [0.29, 0.717) is 6.42 Å². The van der Waals surface area contributed by atoms with Crippen molar-refractivity contribution in [3.8, 4) is 0 Å². The summed E-state index contributed by atoms with van der Waals surface area (Å²) in [6.45, 7) is 2.18. The van der Waals surface area contributed by atoms with E-state index in [2.05, 4.69) is 0 Å². The van der Waals surface area contributed by atoms with Crippen molar-refractivity contribution in [2.45, 2.75) is 18.8 Å². The van der Waals surface area contributed by atoms with E-state index < -0.39 is 5.41 Å². The second-order valence-corrected chi connectivity index (χ2v) is 5.26. The molecule has 0 aromatic heterocycles. The fourth-order valence-electron chi connectivity index (χ4n) is 2.50. The van der Waals surface area contributed by atoms with Crippen LogP contribution in [0.1, 0.15) is 16.7 Å². The van der Waals surface area contributed by atoms with E-state index in [-0.39, 0.29) is 19.0 Å². The number of halogens is 1. The van der Waals surface area contributed by atoms with Crippen molar-refractivity contribution in [3.05, 3.63) is 71.0 Å². The lowest BCUT2D eigenvalue weighted by atomic mass is 9.75. The molecule has 0 saturated carbocycles. The Morgan fingerprint density at radius 3 is 2.50 bits per heavy atom. The molecule has 0 aliphatic rings. The molecule has 2 rings (SSSR count). The van der Waals surface area contributed by atoms with Gasteiger partial charge in [0.15, 0.2) is 0 Å². The normalized spacial score (nSPS) is 14.0. The van der Waals surface area contributed by atoms with Crippen molar-refractivity contribution in [2.24, 2.45) is 5.73 Å². The molecule has 0 aliphatic heterocycles.